The van der Waals surface area contributed by atoms with Crippen molar-refractivity contribution in [3.05, 3.63) is 66.5 Å². The summed E-state index contributed by atoms with van der Waals surface area (Å²) in [6.45, 7) is 8.58. The van der Waals surface area contributed by atoms with Crippen molar-refractivity contribution < 1.29 is 8.42 Å². The van der Waals surface area contributed by atoms with Gasteiger partial charge in [0, 0.05) is 37.1 Å². The van der Waals surface area contributed by atoms with E-state index in [1.54, 1.807) is 36.7 Å². The maximum atomic E-state index is 11.7. The zero-order chi connectivity index (χ0) is 25.2. The Balaban J connectivity index is 1.46. The molecule has 0 saturated carbocycles. The van der Waals surface area contributed by atoms with Crippen molar-refractivity contribution in [2.24, 2.45) is 5.92 Å². The molecule has 2 N–H and O–H groups in total. The van der Waals surface area contributed by atoms with E-state index in [1.807, 2.05) is 31.2 Å². The molecule has 1 aliphatic rings. The lowest BCUT2D eigenvalue weighted by Gasteiger charge is -2.44. The van der Waals surface area contributed by atoms with Crippen molar-refractivity contribution >= 4 is 27.3 Å². The molecule has 3 aromatic rings. The highest BCUT2D eigenvalue weighted by Gasteiger charge is 2.32. The molecule has 1 saturated heterocycles. The zero-order valence-electron chi connectivity index (χ0n) is 20.6. The summed E-state index contributed by atoms with van der Waals surface area (Å²) in [5, 5.41) is 12.0. The van der Waals surface area contributed by atoms with E-state index < -0.39 is 9.84 Å². The van der Waals surface area contributed by atoms with E-state index in [4.69, 9.17) is 5.41 Å². The summed E-state index contributed by atoms with van der Waals surface area (Å²) in [4.78, 5) is 13.9. The lowest BCUT2D eigenvalue weighted by Crippen LogP contribution is -2.58. The van der Waals surface area contributed by atoms with Crippen LogP contribution in [0, 0.1) is 18.3 Å². The quantitative estimate of drug-likeness (QED) is 0.409. The first-order valence-electron chi connectivity index (χ1n) is 11.7. The number of anilines is 2. The Labute approximate surface area is 207 Å². The summed E-state index contributed by atoms with van der Waals surface area (Å²) in [5.74, 6) is 1.55. The predicted molar refractivity (Wildman–Crippen MR) is 141 cm³/mol. The zero-order valence-corrected chi connectivity index (χ0v) is 21.4. The van der Waals surface area contributed by atoms with E-state index in [-0.39, 0.29) is 10.9 Å². The Kier molecular flexibility index (Phi) is 7.07. The Bertz CT molecular complexity index is 1290. The molecular formula is C26H32N6O2S. The Morgan fingerprint density at radius 1 is 1.06 bits per heavy atom. The van der Waals surface area contributed by atoms with Crippen molar-refractivity contribution in [1.29, 1.82) is 5.41 Å². The second-order valence-electron chi connectivity index (χ2n) is 9.30. The third kappa shape index (κ3) is 5.62. The summed E-state index contributed by atoms with van der Waals surface area (Å²) in [6, 6.07) is 14.8. The molecule has 1 fully saturated rings. The molecule has 1 unspecified atom stereocenters. The summed E-state index contributed by atoms with van der Waals surface area (Å²) >= 11 is 0. The standard InChI is InChI=1S/C26H32N6O2S/c1-18(2)24-17-31(13-14-32(24)26(27)30-22-8-6-5-7-19(22)3)25-16-28-23(15-29-25)20-9-11-21(12-10-20)35(4,33)34/h5-12,15-16,18,24H,13-14,17H2,1-4H3,(H2,27,30). The van der Waals surface area contributed by atoms with Crippen LogP contribution in [-0.2, 0) is 9.84 Å². The number of aryl methyl sites for hydroxylation is 1. The minimum atomic E-state index is -3.23. The van der Waals surface area contributed by atoms with Gasteiger partial charge in [0.05, 0.1) is 29.0 Å². The van der Waals surface area contributed by atoms with E-state index in [0.717, 1.165) is 35.7 Å². The van der Waals surface area contributed by atoms with Gasteiger partial charge in [0.2, 0.25) is 0 Å². The number of benzene rings is 2. The van der Waals surface area contributed by atoms with Gasteiger partial charge in [0.15, 0.2) is 15.8 Å². The fourth-order valence-corrected chi connectivity index (χ4v) is 4.92. The molecule has 0 amide bonds. The lowest BCUT2D eigenvalue weighted by molar-refractivity contribution is 0.222. The van der Waals surface area contributed by atoms with Crippen LogP contribution in [0.4, 0.5) is 11.5 Å². The highest BCUT2D eigenvalue weighted by Crippen LogP contribution is 2.24. The number of rotatable bonds is 5. The third-order valence-corrected chi connectivity index (χ3v) is 7.54. The Hall–Kier alpha value is -3.46. The average molecular weight is 493 g/mol. The van der Waals surface area contributed by atoms with Crippen LogP contribution in [0.15, 0.2) is 65.8 Å². The first kappa shape index (κ1) is 24.7. The van der Waals surface area contributed by atoms with Gasteiger partial charge in [-0.2, -0.15) is 0 Å². The van der Waals surface area contributed by atoms with Crippen LogP contribution in [0.25, 0.3) is 11.3 Å². The van der Waals surface area contributed by atoms with Gasteiger partial charge >= 0.3 is 0 Å². The van der Waals surface area contributed by atoms with Gasteiger partial charge in [-0.25, -0.2) is 13.4 Å². The molecule has 1 aliphatic heterocycles. The third-order valence-electron chi connectivity index (χ3n) is 6.41. The average Bonchev–Trinajstić information content (AvgIpc) is 2.84. The molecule has 2 aromatic carbocycles. The fourth-order valence-electron chi connectivity index (χ4n) is 4.29. The van der Waals surface area contributed by atoms with Crippen molar-refractivity contribution in [3.8, 4) is 11.3 Å². The van der Waals surface area contributed by atoms with E-state index in [0.29, 0.717) is 24.1 Å². The molecule has 0 radical (unpaired) electrons. The first-order chi connectivity index (χ1) is 16.6. The molecule has 184 valence electrons. The monoisotopic (exact) mass is 492 g/mol. The second-order valence-corrected chi connectivity index (χ2v) is 11.3. The number of nitrogens with one attached hydrogen (secondary N) is 2. The predicted octanol–water partition coefficient (Wildman–Crippen LogP) is 4.05. The molecule has 0 spiro atoms. The van der Waals surface area contributed by atoms with E-state index in [1.165, 1.54) is 6.26 Å². The van der Waals surface area contributed by atoms with Crippen LogP contribution in [0.2, 0.25) is 0 Å². The van der Waals surface area contributed by atoms with Crippen molar-refractivity contribution in [2.45, 2.75) is 31.7 Å². The molecule has 1 atom stereocenters. The van der Waals surface area contributed by atoms with Crippen LogP contribution in [0.1, 0.15) is 19.4 Å². The summed E-state index contributed by atoms with van der Waals surface area (Å²) < 4.78 is 23.4. The largest absolute Gasteiger partial charge is 0.351 e. The maximum Gasteiger partial charge on any atom is 0.195 e. The van der Waals surface area contributed by atoms with Crippen molar-refractivity contribution in [1.82, 2.24) is 14.9 Å². The van der Waals surface area contributed by atoms with E-state index in [2.05, 4.69) is 38.9 Å². The van der Waals surface area contributed by atoms with Crippen LogP contribution in [0.3, 0.4) is 0 Å². The van der Waals surface area contributed by atoms with Crippen LogP contribution < -0.4 is 10.2 Å². The highest BCUT2D eigenvalue weighted by atomic mass is 32.2. The van der Waals surface area contributed by atoms with Gasteiger partial charge in [-0.3, -0.25) is 10.4 Å². The molecule has 8 nitrogen and oxygen atoms in total. The maximum absolute atomic E-state index is 11.7. The Morgan fingerprint density at radius 3 is 2.37 bits per heavy atom. The number of piperazine rings is 1. The minimum Gasteiger partial charge on any atom is -0.351 e. The van der Waals surface area contributed by atoms with Crippen LogP contribution in [0.5, 0.6) is 0 Å². The van der Waals surface area contributed by atoms with Crippen molar-refractivity contribution in [3.63, 3.8) is 0 Å². The molecule has 2 heterocycles. The highest BCUT2D eigenvalue weighted by molar-refractivity contribution is 7.90. The normalized spacial score (nSPS) is 16.4. The van der Waals surface area contributed by atoms with E-state index >= 15 is 0 Å². The number of hydrogen-bond donors (Lipinski definition) is 2. The molecule has 1 aromatic heterocycles. The molecule has 9 heteroatoms. The molecule has 0 aliphatic carbocycles. The Morgan fingerprint density at radius 2 is 1.77 bits per heavy atom. The summed E-state index contributed by atoms with van der Waals surface area (Å²) in [7, 11) is -3.23. The van der Waals surface area contributed by atoms with Gasteiger partial charge < -0.3 is 15.1 Å². The summed E-state index contributed by atoms with van der Waals surface area (Å²) in [6.07, 6.45) is 4.69. The van der Waals surface area contributed by atoms with E-state index in [9.17, 15) is 8.42 Å². The number of guanidine groups is 1. The topological polar surface area (TPSA) is 102 Å². The van der Waals surface area contributed by atoms with Gasteiger partial charge in [-0.15, -0.1) is 0 Å². The van der Waals surface area contributed by atoms with Crippen LogP contribution in [-0.4, -0.2) is 61.2 Å². The SMILES string of the molecule is Cc1ccccc1NC(=N)N1CCN(c2cnc(-c3ccc(S(C)(=O)=O)cc3)cn2)CC1C(C)C. The minimum absolute atomic E-state index is 0.151. The number of para-hydroxylation sites is 1. The number of aromatic nitrogens is 2. The van der Waals surface area contributed by atoms with Gasteiger partial charge in [0.1, 0.15) is 5.82 Å². The van der Waals surface area contributed by atoms with Gasteiger partial charge in [0.25, 0.3) is 0 Å². The lowest BCUT2D eigenvalue weighted by atomic mass is 9.99. The number of nitrogens with zero attached hydrogens (tertiary/aromatic N) is 4. The van der Waals surface area contributed by atoms with Gasteiger partial charge in [-0.05, 0) is 36.6 Å². The number of hydrogen-bond acceptors (Lipinski definition) is 6. The molecular weight excluding hydrogens is 460 g/mol. The fraction of sp³-hybridized carbons (Fsp3) is 0.346. The number of sulfone groups is 1. The first-order valence-corrected chi connectivity index (χ1v) is 13.6. The second kappa shape index (κ2) is 10.0. The molecule has 35 heavy (non-hydrogen) atoms. The van der Waals surface area contributed by atoms with Gasteiger partial charge in [-0.1, -0.05) is 44.2 Å². The van der Waals surface area contributed by atoms with Crippen molar-refractivity contribution in [2.75, 3.05) is 36.1 Å². The smallest absolute Gasteiger partial charge is 0.195 e. The summed E-state index contributed by atoms with van der Waals surface area (Å²) in [5.41, 5.74) is 3.57. The molecule has 4 rings (SSSR count). The van der Waals surface area contributed by atoms with Crippen LogP contribution >= 0.6 is 0 Å². The molecule has 0 bridgehead atoms.